The first kappa shape index (κ1) is 24.8. The quantitative estimate of drug-likeness (QED) is 0.331. The van der Waals surface area contributed by atoms with Gasteiger partial charge in [-0.1, -0.05) is 71.7 Å². The molecule has 3 rings (SSSR count). The van der Waals surface area contributed by atoms with Crippen molar-refractivity contribution in [2.75, 3.05) is 13.2 Å². The highest BCUT2D eigenvalue weighted by molar-refractivity contribution is 6.43. The zero-order valence-electron chi connectivity index (χ0n) is 18.6. The van der Waals surface area contributed by atoms with Gasteiger partial charge < -0.3 is 14.6 Å². The van der Waals surface area contributed by atoms with Crippen molar-refractivity contribution in [2.45, 2.75) is 26.4 Å². The van der Waals surface area contributed by atoms with Crippen LogP contribution in [0.2, 0.25) is 10.0 Å². The van der Waals surface area contributed by atoms with E-state index in [4.69, 9.17) is 32.7 Å². The zero-order valence-corrected chi connectivity index (χ0v) is 20.1. The van der Waals surface area contributed by atoms with Crippen molar-refractivity contribution in [1.82, 2.24) is 0 Å². The van der Waals surface area contributed by atoms with Gasteiger partial charge in [0.1, 0.15) is 12.4 Å². The highest BCUT2D eigenvalue weighted by atomic mass is 35.5. The fourth-order valence-electron chi connectivity index (χ4n) is 3.37. The molecule has 3 aromatic carbocycles. The summed E-state index contributed by atoms with van der Waals surface area (Å²) in [5.74, 6) is -0.237. The van der Waals surface area contributed by atoms with Gasteiger partial charge in [0.2, 0.25) is 0 Å². The Morgan fingerprint density at radius 3 is 2.36 bits per heavy atom. The average Bonchev–Trinajstić information content (AvgIpc) is 2.81. The van der Waals surface area contributed by atoms with E-state index in [0.29, 0.717) is 29.7 Å². The van der Waals surface area contributed by atoms with E-state index in [1.165, 1.54) is 0 Å². The molecular weight excluding hydrogens is 459 g/mol. The second-order valence-electron chi connectivity index (χ2n) is 7.51. The lowest BCUT2D eigenvalue weighted by molar-refractivity contribution is -0.149. The minimum Gasteiger partial charge on any atom is -0.490 e. The van der Waals surface area contributed by atoms with Crippen molar-refractivity contribution in [3.05, 3.63) is 94.0 Å². The highest BCUT2D eigenvalue weighted by Gasteiger charge is 2.17. The van der Waals surface area contributed by atoms with Crippen LogP contribution >= 0.6 is 23.2 Å². The van der Waals surface area contributed by atoms with Crippen molar-refractivity contribution in [3.63, 3.8) is 0 Å². The molecule has 0 radical (unpaired) electrons. The smallest absolute Gasteiger partial charge is 0.333 e. The van der Waals surface area contributed by atoms with Crippen molar-refractivity contribution in [1.29, 1.82) is 0 Å². The molecular formula is C27H26Cl2O4. The largest absolute Gasteiger partial charge is 0.490 e. The van der Waals surface area contributed by atoms with Crippen LogP contribution in [0.1, 0.15) is 25.0 Å². The van der Waals surface area contributed by atoms with Gasteiger partial charge in [0.25, 0.3) is 0 Å². The lowest BCUT2D eigenvalue weighted by Gasteiger charge is -2.12. The van der Waals surface area contributed by atoms with E-state index in [1.54, 1.807) is 13.0 Å². The van der Waals surface area contributed by atoms with Gasteiger partial charge in [-0.05, 0) is 60.4 Å². The van der Waals surface area contributed by atoms with Crippen LogP contribution in [0.15, 0.2) is 72.8 Å². The van der Waals surface area contributed by atoms with E-state index in [2.05, 4.69) is 0 Å². The van der Waals surface area contributed by atoms with E-state index in [0.717, 1.165) is 33.6 Å². The predicted molar refractivity (Wildman–Crippen MR) is 134 cm³/mol. The van der Waals surface area contributed by atoms with Gasteiger partial charge in [0.15, 0.2) is 6.10 Å². The van der Waals surface area contributed by atoms with Crippen LogP contribution in [-0.4, -0.2) is 30.4 Å². The van der Waals surface area contributed by atoms with Crippen LogP contribution in [0.4, 0.5) is 0 Å². The van der Waals surface area contributed by atoms with E-state index >= 15 is 0 Å². The molecule has 6 heteroatoms. The number of benzene rings is 3. The number of ether oxygens (including phenoxy) is 2. The lowest BCUT2D eigenvalue weighted by atomic mass is 10.0. The summed E-state index contributed by atoms with van der Waals surface area (Å²) in [6.07, 6.45) is 1.50. The summed E-state index contributed by atoms with van der Waals surface area (Å²) < 4.78 is 11.1. The molecule has 0 unspecified atom stereocenters. The van der Waals surface area contributed by atoms with Crippen molar-refractivity contribution < 1.29 is 19.4 Å². The van der Waals surface area contributed by atoms with Crippen molar-refractivity contribution in [3.8, 4) is 16.9 Å². The van der Waals surface area contributed by atoms with Crippen molar-refractivity contribution in [2.24, 2.45) is 0 Å². The third-order valence-electron chi connectivity index (χ3n) is 5.23. The Labute approximate surface area is 204 Å². The Morgan fingerprint density at radius 1 is 1.03 bits per heavy atom. The van der Waals surface area contributed by atoms with Crippen LogP contribution in [0, 0.1) is 0 Å². The molecule has 0 aromatic heterocycles. The molecule has 1 atom stereocenters. The first-order chi connectivity index (χ1) is 15.9. The third-order valence-corrected chi connectivity index (χ3v) is 6.05. The number of aliphatic carboxylic acids is 1. The second kappa shape index (κ2) is 11.9. The fraction of sp³-hybridized carbons (Fsp3) is 0.222. The number of hydrogen-bond donors (Lipinski definition) is 1. The summed E-state index contributed by atoms with van der Waals surface area (Å²) in [5.41, 5.74) is 4.97. The molecule has 0 bridgehead atoms. The standard InChI is InChI=1S/C27H26Cl2O4/c1-3-32-25(27(30)31)17-19-7-13-22(14-8-19)33-16-15-18(2)20-9-11-21(12-10-20)23-5-4-6-24(28)26(23)29/h4-15,25H,3,16-17H2,1-2H3,(H,30,31)/b18-15+/t25-/m0/s1. The summed E-state index contributed by atoms with van der Waals surface area (Å²) in [4.78, 5) is 11.2. The lowest BCUT2D eigenvalue weighted by Crippen LogP contribution is -2.26. The molecule has 1 N–H and O–H groups in total. The average molecular weight is 485 g/mol. The topological polar surface area (TPSA) is 55.8 Å². The monoisotopic (exact) mass is 484 g/mol. The van der Waals surface area contributed by atoms with Gasteiger partial charge in [-0.3, -0.25) is 0 Å². The van der Waals surface area contributed by atoms with Gasteiger partial charge in [-0.15, -0.1) is 0 Å². The van der Waals surface area contributed by atoms with Crippen LogP contribution in [0.5, 0.6) is 5.75 Å². The Balaban J connectivity index is 1.58. The first-order valence-corrected chi connectivity index (χ1v) is 11.4. The maximum absolute atomic E-state index is 11.2. The molecule has 0 aliphatic rings. The first-order valence-electron chi connectivity index (χ1n) is 10.7. The molecule has 0 saturated carbocycles. The number of rotatable bonds is 10. The summed E-state index contributed by atoms with van der Waals surface area (Å²) in [6.45, 7) is 4.60. The number of halogens is 2. The molecule has 0 aliphatic heterocycles. The second-order valence-corrected chi connectivity index (χ2v) is 8.29. The maximum atomic E-state index is 11.2. The number of carboxylic acid groups (broad SMARTS) is 1. The SMILES string of the molecule is CCO[C@@H](Cc1ccc(OC/C=C(\C)c2ccc(-c3cccc(Cl)c3Cl)cc2)cc1)C(=O)O. The van der Waals surface area contributed by atoms with Gasteiger partial charge in [-0.25, -0.2) is 4.79 Å². The fourth-order valence-corrected chi connectivity index (χ4v) is 3.78. The maximum Gasteiger partial charge on any atom is 0.333 e. The Kier molecular flexibility index (Phi) is 8.95. The number of allylic oxidation sites excluding steroid dienone is 1. The van der Waals surface area contributed by atoms with Crippen LogP contribution < -0.4 is 4.74 Å². The summed E-state index contributed by atoms with van der Waals surface area (Å²) >= 11 is 12.5. The third kappa shape index (κ3) is 6.84. The molecule has 172 valence electrons. The van der Waals surface area contributed by atoms with Crippen LogP contribution in [0.3, 0.4) is 0 Å². The predicted octanol–water partition coefficient (Wildman–Crippen LogP) is 7.17. The molecule has 0 saturated heterocycles. The van der Waals surface area contributed by atoms with Crippen LogP contribution in [0.25, 0.3) is 16.7 Å². The van der Waals surface area contributed by atoms with E-state index in [-0.39, 0.29) is 0 Å². The summed E-state index contributed by atoms with van der Waals surface area (Å²) in [7, 11) is 0. The summed E-state index contributed by atoms with van der Waals surface area (Å²) in [6, 6.07) is 21.2. The van der Waals surface area contributed by atoms with Gasteiger partial charge in [0.05, 0.1) is 10.0 Å². The van der Waals surface area contributed by atoms with Crippen LogP contribution in [-0.2, 0) is 16.0 Å². The number of carboxylic acids is 1. The number of carbonyl (C=O) groups is 1. The van der Waals surface area contributed by atoms with E-state index in [9.17, 15) is 9.90 Å². The molecule has 0 fully saturated rings. The molecule has 4 nitrogen and oxygen atoms in total. The normalized spacial score (nSPS) is 12.4. The molecule has 0 aliphatic carbocycles. The molecule has 33 heavy (non-hydrogen) atoms. The minimum atomic E-state index is -0.957. The van der Waals surface area contributed by atoms with Gasteiger partial charge in [0, 0.05) is 18.6 Å². The summed E-state index contributed by atoms with van der Waals surface area (Å²) in [5, 5.41) is 10.3. The van der Waals surface area contributed by atoms with Crippen molar-refractivity contribution >= 4 is 34.7 Å². The molecule has 0 spiro atoms. The molecule has 0 heterocycles. The molecule has 3 aromatic rings. The van der Waals surface area contributed by atoms with Gasteiger partial charge >= 0.3 is 5.97 Å². The van der Waals surface area contributed by atoms with E-state index in [1.807, 2.05) is 73.7 Å². The zero-order chi connectivity index (χ0) is 23.8. The minimum absolute atomic E-state index is 0.318. The highest BCUT2D eigenvalue weighted by Crippen LogP contribution is 2.33. The Morgan fingerprint density at radius 2 is 1.73 bits per heavy atom. The van der Waals surface area contributed by atoms with Gasteiger partial charge in [-0.2, -0.15) is 0 Å². The number of hydrogen-bond acceptors (Lipinski definition) is 3. The van der Waals surface area contributed by atoms with E-state index < -0.39 is 12.1 Å². The Hall–Kier alpha value is -2.79. The molecule has 0 amide bonds. The Bertz CT molecular complexity index is 1110.